The van der Waals surface area contributed by atoms with E-state index >= 15 is 0 Å². The monoisotopic (exact) mass is 435 g/mol. The molecule has 7 nitrogen and oxygen atoms in total. The Balaban J connectivity index is 1.43. The Labute approximate surface area is 185 Å². The van der Waals surface area contributed by atoms with Crippen LogP contribution in [0.5, 0.6) is 5.75 Å². The standard InChI is InChI=1S/C23H21N3O4S/c27-21(24-14-15-30-20-12-8-18(9-13-20)23(31)26-29)17-6-10-19(11-7-17)25-22(28)16-4-2-1-3-5-16/h1-13,29H,14-15H2,(H,24,27)(H,25,28)(H,26,31). The average Bonchev–Trinajstić information content (AvgIpc) is 2.82. The second-order valence-electron chi connectivity index (χ2n) is 6.47. The van der Waals surface area contributed by atoms with E-state index in [9.17, 15) is 9.59 Å². The van der Waals surface area contributed by atoms with Crippen molar-refractivity contribution in [1.29, 1.82) is 0 Å². The summed E-state index contributed by atoms with van der Waals surface area (Å²) in [5.74, 6) is 0.175. The molecule has 4 N–H and O–H groups in total. The zero-order valence-electron chi connectivity index (χ0n) is 16.5. The fourth-order valence-electron chi connectivity index (χ4n) is 2.70. The van der Waals surface area contributed by atoms with Gasteiger partial charge in [0.2, 0.25) is 0 Å². The van der Waals surface area contributed by atoms with Gasteiger partial charge in [0.05, 0.1) is 6.54 Å². The van der Waals surface area contributed by atoms with Crippen molar-refractivity contribution >= 4 is 34.7 Å². The van der Waals surface area contributed by atoms with Crippen LogP contribution in [-0.4, -0.2) is 35.2 Å². The van der Waals surface area contributed by atoms with Crippen LogP contribution in [0.1, 0.15) is 26.3 Å². The van der Waals surface area contributed by atoms with Gasteiger partial charge in [0.1, 0.15) is 17.3 Å². The highest BCUT2D eigenvalue weighted by Crippen LogP contribution is 2.13. The Morgan fingerprint density at radius 2 is 1.42 bits per heavy atom. The fraction of sp³-hybridized carbons (Fsp3) is 0.0870. The number of carbonyl (C=O) groups excluding carboxylic acids is 2. The number of hydrogen-bond acceptors (Lipinski definition) is 5. The first-order valence-corrected chi connectivity index (χ1v) is 9.89. The van der Waals surface area contributed by atoms with Crippen molar-refractivity contribution in [2.45, 2.75) is 0 Å². The van der Waals surface area contributed by atoms with Crippen molar-refractivity contribution in [3.8, 4) is 5.75 Å². The maximum Gasteiger partial charge on any atom is 0.255 e. The van der Waals surface area contributed by atoms with E-state index in [-0.39, 0.29) is 16.8 Å². The number of anilines is 1. The first-order valence-electron chi connectivity index (χ1n) is 9.49. The summed E-state index contributed by atoms with van der Waals surface area (Å²) in [6.45, 7) is 0.614. The first kappa shape index (κ1) is 21.9. The van der Waals surface area contributed by atoms with Crippen LogP contribution in [0.25, 0.3) is 0 Å². The van der Waals surface area contributed by atoms with Gasteiger partial charge in [0, 0.05) is 22.4 Å². The molecule has 3 aromatic carbocycles. The summed E-state index contributed by atoms with van der Waals surface area (Å²) in [6.07, 6.45) is 0. The van der Waals surface area contributed by atoms with E-state index in [2.05, 4.69) is 10.6 Å². The summed E-state index contributed by atoms with van der Waals surface area (Å²) < 4.78 is 5.58. The lowest BCUT2D eigenvalue weighted by atomic mass is 10.1. The summed E-state index contributed by atoms with van der Waals surface area (Å²) in [5, 5.41) is 14.4. The SMILES string of the molecule is O=C(NCCOc1ccc(C(=S)NO)cc1)c1ccc(NC(=O)c2ccccc2)cc1. The molecule has 0 aromatic heterocycles. The number of amides is 2. The molecule has 3 aromatic rings. The molecule has 0 heterocycles. The largest absolute Gasteiger partial charge is 0.492 e. The van der Waals surface area contributed by atoms with Gasteiger partial charge in [-0.2, -0.15) is 0 Å². The summed E-state index contributed by atoms with van der Waals surface area (Å²) in [7, 11) is 0. The number of nitrogens with one attached hydrogen (secondary N) is 3. The molecule has 2 amide bonds. The Morgan fingerprint density at radius 1 is 0.806 bits per heavy atom. The van der Waals surface area contributed by atoms with E-state index in [1.807, 2.05) is 11.5 Å². The molecule has 0 saturated heterocycles. The van der Waals surface area contributed by atoms with E-state index in [1.165, 1.54) is 0 Å². The zero-order valence-corrected chi connectivity index (χ0v) is 17.3. The Hall–Kier alpha value is -3.75. The fourth-order valence-corrected chi connectivity index (χ4v) is 2.84. The number of benzene rings is 3. The van der Waals surface area contributed by atoms with Gasteiger partial charge in [-0.1, -0.05) is 30.4 Å². The molecule has 0 atom stereocenters. The highest BCUT2D eigenvalue weighted by Gasteiger charge is 2.08. The summed E-state index contributed by atoms with van der Waals surface area (Å²) in [4.78, 5) is 24.7. The number of hydroxylamine groups is 1. The molecule has 0 fully saturated rings. The van der Waals surface area contributed by atoms with Crippen molar-refractivity contribution in [1.82, 2.24) is 10.8 Å². The molecule has 0 bridgehead atoms. The number of hydrogen-bond donors (Lipinski definition) is 4. The Kier molecular flexibility index (Phi) is 7.69. The second-order valence-corrected chi connectivity index (χ2v) is 6.88. The van der Waals surface area contributed by atoms with Gasteiger partial charge in [-0.15, -0.1) is 0 Å². The number of rotatable bonds is 8. The minimum Gasteiger partial charge on any atom is -0.492 e. The molecule has 0 unspecified atom stereocenters. The van der Waals surface area contributed by atoms with Crippen LogP contribution in [0.15, 0.2) is 78.9 Å². The van der Waals surface area contributed by atoms with Gasteiger partial charge in [-0.25, -0.2) is 0 Å². The van der Waals surface area contributed by atoms with E-state index in [1.54, 1.807) is 72.8 Å². The van der Waals surface area contributed by atoms with Gasteiger partial charge >= 0.3 is 0 Å². The Morgan fingerprint density at radius 3 is 2.06 bits per heavy atom. The number of carbonyl (C=O) groups is 2. The minimum atomic E-state index is -0.237. The lowest BCUT2D eigenvalue weighted by molar-refractivity contribution is 0.0946. The van der Waals surface area contributed by atoms with E-state index in [4.69, 9.17) is 22.2 Å². The molecule has 8 heteroatoms. The average molecular weight is 436 g/mol. The highest BCUT2D eigenvalue weighted by molar-refractivity contribution is 7.80. The lowest BCUT2D eigenvalue weighted by Crippen LogP contribution is -2.28. The van der Waals surface area contributed by atoms with Gasteiger partial charge in [0.15, 0.2) is 0 Å². The molecule has 0 radical (unpaired) electrons. The van der Waals surface area contributed by atoms with Gasteiger partial charge < -0.3 is 15.4 Å². The lowest BCUT2D eigenvalue weighted by Gasteiger charge is -2.09. The Bertz CT molecular complexity index is 1040. The van der Waals surface area contributed by atoms with Crippen molar-refractivity contribution in [2.24, 2.45) is 0 Å². The molecule has 31 heavy (non-hydrogen) atoms. The van der Waals surface area contributed by atoms with Crippen LogP contribution in [0.3, 0.4) is 0 Å². The summed E-state index contributed by atoms with van der Waals surface area (Å²) in [5.41, 5.74) is 4.24. The number of thiocarbonyl (C=S) groups is 1. The molecule has 0 spiro atoms. The smallest absolute Gasteiger partial charge is 0.255 e. The van der Waals surface area contributed by atoms with Crippen LogP contribution in [0, 0.1) is 0 Å². The highest BCUT2D eigenvalue weighted by atomic mass is 32.1. The molecular formula is C23H21N3O4S. The van der Waals surface area contributed by atoms with E-state index in [0.29, 0.717) is 41.3 Å². The molecule has 0 saturated carbocycles. The third kappa shape index (κ3) is 6.36. The topological polar surface area (TPSA) is 99.7 Å². The van der Waals surface area contributed by atoms with Crippen LogP contribution >= 0.6 is 12.2 Å². The van der Waals surface area contributed by atoms with Crippen LogP contribution < -0.4 is 20.9 Å². The molecule has 0 aliphatic rings. The molecular weight excluding hydrogens is 414 g/mol. The quantitative estimate of drug-likeness (QED) is 0.246. The van der Waals surface area contributed by atoms with Crippen LogP contribution in [0.2, 0.25) is 0 Å². The van der Waals surface area contributed by atoms with Crippen molar-refractivity contribution in [2.75, 3.05) is 18.5 Å². The predicted octanol–water partition coefficient (Wildman–Crippen LogP) is 3.40. The van der Waals surface area contributed by atoms with Crippen molar-refractivity contribution in [3.63, 3.8) is 0 Å². The van der Waals surface area contributed by atoms with Crippen LogP contribution in [-0.2, 0) is 0 Å². The van der Waals surface area contributed by atoms with Crippen LogP contribution in [0.4, 0.5) is 5.69 Å². The first-order chi connectivity index (χ1) is 15.1. The summed E-state index contributed by atoms with van der Waals surface area (Å²) in [6, 6.07) is 22.4. The minimum absolute atomic E-state index is 0.211. The van der Waals surface area contributed by atoms with Crippen molar-refractivity contribution in [3.05, 3.63) is 95.6 Å². The molecule has 3 rings (SSSR count). The van der Waals surface area contributed by atoms with Gasteiger partial charge in [-0.05, 0) is 60.7 Å². The number of ether oxygens (including phenoxy) is 1. The van der Waals surface area contributed by atoms with E-state index in [0.717, 1.165) is 0 Å². The molecule has 0 aliphatic heterocycles. The third-order valence-electron chi connectivity index (χ3n) is 4.32. The van der Waals surface area contributed by atoms with E-state index < -0.39 is 0 Å². The third-order valence-corrected chi connectivity index (χ3v) is 4.64. The predicted molar refractivity (Wildman–Crippen MR) is 122 cm³/mol. The molecule has 158 valence electrons. The maximum atomic E-state index is 12.3. The van der Waals surface area contributed by atoms with Gasteiger partial charge in [0.25, 0.3) is 11.8 Å². The maximum absolute atomic E-state index is 12.3. The van der Waals surface area contributed by atoms with Gasteiger partial charge in [-0.3, -0.25) is 20.3 Å². The second kappa shape index (κ2) is 10.9. The summed E-state index contributed by atoms with van der Waals surface area (Å²) >= 11 is 4.93. The normalized spacial score (nSPS) is 10.1. The van der Waals surface area contributed by atoms with Crippen molar-refractivity contribution < 1.29 is 19.5 Å². The zero-order chi connectivity index (χ0) is 22.1. The molecule has 0 aliphatic carbocycles.